The normalized spacial score (nSPS) is 14.7. The number of amides is 2. The molecule has 0 heterocycles. The van der Waals surface area contributed by atoms with Gasteiger partial charge in [-0.1, -0.05) is 88.2 Å². The molecule has 1 N–H and O–H groups in total. The van der Waals surface area contributed by atoms with Gasteiger partial charge in [0.15, 0.2) is 0 Å². The molecule has 224 valence electrons. The molecule has 1 unspecified atom stereocenters. The third kappa shape index (κ3) is 8.28. The molecule has 1 saturated carbocycles. The maximum absolute atomic E-state index is 14.1. The van der Waals surface area contributed by atoms with Crippen LogP contribution in [-0.2, 0) is 26.2 Å². The fraction of sp³-hybridized carbons (Fsp3) is 0.355. The van der Waals surface area contributed by atoms with Crippen molar-refractivity contribution >= 4 is 66.7 Å². The quantitative estimate of drug-likeness (QED) is 0.245. The third-order valence-electron chi connectivity index (χ3n) is 7.41. The monoisotopic (exact) mass is 693 g/mol. The van der Waals surface area contributed by atoms with E-state index in [1.54, 1.807) is 19.1 Å². The number of sulfonamides is 1. The average Bonchev–Trinajstić information content (AvgIpc) is 2.95. The first-order valence-corrected chi connectivity index (χ1v) is 16.8. The Hall–Kier alpha value is -2.59. The molecule has 3 aromatic carbocycles. The highest BCUT2D eigenvalue weighted by molar-refractivity contribution is 9.10. The molecule has 4 rings (SSSR count). The standard InChI is InChI=1S/C31H34BrCl2N3O4S/c1-21-8-14-29(15-9-21)42(40,41)37(28-17-25(33)16-26(34)18-28)20-30(38)36(19-23-10-12-24(32)13-11-23)22(2)31(39)35-27-6-4-3-5-7-27/h8-18,22,27H,3-7,19-20H2,1-2H3,(H,35,39). The van der Waals surface area contributed by atoms with Crippen molar-refractivity contribution in [3.05, 3.63) is 92.4 Å². The predicted octanol–water partition coefficient (Wildman–Crippen LogP) is 7.13. The second kappa shape index (κ2) is 14.3. The van der Waals surface area contributed by atoms with Crippen molar-refractivity contribution < 1.29 is 18.0 Å². The maximum Gasteiger partial charge on any atom is 0.264 e. The van der Waals surface area contributed by atoms with Crippen molar-refractivity contribution in [2.45, 2.75) is 69.5 Å². The van der Waals surface area contributed by atoms with Crippen molar-refractivity contribution in [1.29, 1.82) is 0 Å². The fourth-order valence-electron chi connectivity index (χ4n) is 4.99. The summed E-state index contributed by atoms with van der Waals surface area (Å²) < 4.78 is 29.8. The topological polar surface area (TPSA) is 86.8 Å². The molecule has 3 aromatic rings. The summed E-state index contributed by atoms with van der Waals surface area (Å²) in [4.78, 5) is 29.0. The Bertz CT molecular complexity index is 1490. The summed E-state index contributed by atoms with van der Waals surface area (Å²) in [6, 6.07) is 17.4. The third-order valence-corrected chi connectivity index (χ3v) is 10.2. The molecule has 0 radical (unpaired) electrons. The first-order valence-electron chi connectivity index (χ1n) is 13.8. The van der Waals surface area contributed by atoms with Crippen LogP contribution in [0.1, 0.15) is 50.2 Å². The molecule has 1 atom stereocenters. The molecule has 0 aromatic heterocycles. The van der Waals surface area contributed by atoms with Crippen LogP contribution in [0, 0.1) is 6.92 Å². The minimum Gasteiger partial charge on any atom is -0.352 e. The van der Waals surface area contributed by atoms with Gasteiger partial charge < -0.3 is 10.2 Å². The summed E-state index contributed by atoms with van der Waals surface area (Å²) in [6.07, 6.45) is 5.05. The zero-order valence-corrected chi connectivity index (χ0v) is 27.4. The highest BCUT2D eigenvalue weighted by Crippen LogP contribution is 2.30. The van der Waals surface area contributed by atoms with Gasteiger partial charge in [0, 0.05) is 27.1 Å². The summed E-state index contributed by atoms with van der Waals surface area (Å²) in [5.74, 6) is -0.817. The number of halogens is 3. The number of nitrogens with zero attached hydrogens (tertiary/aromatic N) is 2. The van der Waals surface area contributed by atoms with Gasteiger partial charge in [-0.25, -0.2) is 8.42 Å². The summed E-state index contributed by atoms with van der Waals surface area (Å²) in [7, 11) is -4.22. The van der Waals surface area contributed by atoms with Crippen LogP contribution in [0.3, 0.4) is 0 Å². The van der Waals surface area contributed by atoms with Gasteiger partial charge in [-0.3, -0.25) is 13.9 Å². The summed E-state index contributed by atoms with van der Waals surface area (Å²) in [6.45, 7) is 3.07. The lowest BCUT2D eigenvalue weighted by Crippen LogP contribution is -2.53. The van der Waals surface area contributed by atoms with Crippen LogP contribution in [0.15, 0.2) is 76.1 Å². The highest BCUT2D eigenvalue weighted by atomic mass is 79.9. The zero-order chi connectivity index (χ0) is 30.4. The summed E-state index contributed by atoms with van der Waals surface area (Å²) >= 11 is 15.9. The second-order valence-electron chi connectivity index (χ2n) is 10.6. The lowest BCUT2D eigenvalue weighted by atomic mass is 9.95. The van der Waals surface area contributed by atoms with Gasteiger partial charge in [-0.2, -0.15) is 0 Å². The summed E-state index contributed by atoms with van der Waals surface area (Å²) in [5.41, 5.74) is 1.83. The highest BCUT2D eigenvalue weighted by Gasteiger charge is 2.33. The Morgan fingerprint density at radius 1 is 0.952 bits per heavy atom. The van der Waals surface area contributed by atoms with E-state index in [4.69, 9.17) is 23.2 Å². The van der Waals surface area contributed by atoms with Crippen molar-refractivity contribution in [2.75, 3.05) is 10.8 Å². The van der Waals surface area contributed by atoms with Crippen LogP contribution in [-0.4, -0.2) is 43.8 Å². The lowest BCUT2D eigenvalue weighted by molar-refractivity contribution is -0.139. The Morgan fingerprint density at radius 2 is 1.55 bits per heavy atom. The maximum atomic E-state index is 14.1. The van der Waals surface area contributed by atoms with E-state index >= 15 is 0 Å². The fourth-order valence-corrected chi connectivity index (χ4v) is 7.16. The molecule has 0 bridgehead atoms. The smallest absolute Gasteiger partial charge is 0.264 e. The van der Waals surface area contributed by atoms with Gasteiger partial charge in [0.1, 0.15) is 12.6 Å². The first-order chi connectivity index (χ1) is 19.9. The number of rotatable bonds is 10. The first kappa shape index (κ1) is 32.3. The number of aryl methyl sites for hydroxylation is 1. The Morgan fingerprint density at radius 3 is 2.14 bits per heavy atom. The van der Waals surface area contributed by atoms with Crippen LogP contribution < -0.4 is 9.62 Å². The molecule has 1 aliphatic carbocycles. The molecule has 11 heteroatoms. The second-order valence-corrected chi connectivity index (χ2v) is 14.3. The number of hydrogen-bond acceptors (Lipinski definition) is 4. The summed E-state index contributed by atoms with van der Waals surface area (Å²) in [5, 5.41) is 3.55. The lowest BCUT2D eigenvalue weighted by Gasteiger charge is -2.33. The zero-order valence-electron chi connectivity index (χ0n) is 23.5. The van der Waals surface area contributed by atoms with Gasteiger partial charge >= 0.3 is 0 Å². The predicted molar refractivity (Wildman–Crippen MR) is 171 cm³/mol. The number of benzene rings is 3. The van der Waals surface area contributed by atoms with Gasteiger partial charge in [0.2, 0.25) is 11.8 Å². The Labute approximate surface area is 266 Å². The average molecular weight is 696 g/mol. The number of carbonyl (C=O) groups is 2. The van der Waals surface area contributed by atoms with E-state index in [0.29, 0.717) is 0 Å². The van der Waals surface area contributed by atoms with Gasteiger partial charge in [-0.05, 0) is 74.7 Å². The minimum absolute atomic E-state index is 0.0135. The molecule has 0 saturated heterocycles. The molecular weight excluding hydrogens is 661 g/mol. The molecule has 42 heavy (non-hydrogen) atoms. The van der Waals surface area contributed by atoms with Crippen LogP contribution in [0.25, 0.3) is 0 Å². The van der Waals surface area contributed by atoms with E-state index in [-0.39, 0.29) is 39.1 Å². The number of hydrogen-bond donors (Lipinski definition) is 1. The van der Waals surface area contributed by atoms with Crippen molar-refractivity contribution in [1.82, 2.24) is 10.2 Å². The van der Waals surface area contributed by atoms with Gasteiger partial charge in [-0.15, -0.1) is 0 Å². The Kier molecular flexibility index (Phi) is 11.0. The molecule has 7 nitrogen and oxygen atoms in total. The van der Waals surface area contributed by atoms with Crippen LogP contribution >= 0.6 is 39.1 Å². The molecule has 1 fully saturated rings. The van der Waals surface area contributed by atoms with Gasteiger partial charge in [0.25, 0.3) is 10.0 Å². The van der Waals surface area contributed by atoms with Crippen molar-refractivity contribution in [3.63, 3.8) is 0 Å². The minimum atomic E-state index is -4.22. The van der Waals surface area contributed by atoms with E-state index in [1.165, 1.54) is 35.2 Å². The number of nitrogens with one attached hydrogen (secondary N) is 1. The SMILES string of the molecule is Cc1ccc(S(=O)(=O)N(CC(=O)N(Cc2ccc(Br)cc2)C(C)C(=O)NC2CCCCC2)c2cc(Cl)cc(Cl)c2)cc1. The van der Waals surface area contributed by atoms with E-state index in [9.17, 15) is 18.0 Å². The van der Waals surface area contributed by atoms with E-state index in [0.717, 1.165) is 52.0 Å². The Balaban J connectivity index is 1.69. The van der Waals surface area contributed by atoms with Crippen LogP contribution in [0.5, 0.6) is 0 Å². The van der Waals surface area contributed by atoms with E-state index in [2.05, 4.69) is 21.2 Å². The van der Waals surface area contributed by atoms with Crippen LogP contribution in [0.2, 0.25) is 10.0 Å². The molecular formula is C31H34BrCl2N3O4S. The van der Waals surface area contributed by atoms with Crippen LogP contribution in [0.4, 0.5) is 5.69 Å². The van der Waals surface area contributed by atoms with E-state index in [1.807, 2.05) is 31.2 Å². The number of carbonyl (C=O) groups excluding carboxylic acids is 2. The molecule has 2 amide bonds. The molecule has 0 aliphatic heterocycles. The number of anilines is 1. The van der Waals surface area contributed by atoms with Crippen molar-refractivity contribution in [3.8, 4) is 0 Å². The van der Waals surface area contributed by atoms with E-state index < -0.39 is 28.5 Å². The van der Waals surface area contributed by atoms with Gasteiger partial charge in [0.05, 0.1) is 10.6 Å². The molecule has 1 aliphatic rings. The van der Waals surface area contributed by atoms with Crippen molar-refractivity contribution in [2.24, 2.45) is 0 Å². The largest absolute Gasteiger partial charge is 0.352 e. The molecule has 0 spiro atoms.